The maximum absolute atomic E-state index is 6.75. The molecule has 2 aromatic heterocycles. The minimum atomic E-state index is 0.596. The van der Waals surface area contributed by atoms with Crippen molar-refractivity contribution in [1.29, 1.82) is 0 Å². The molecule has 10 aromatic rings. The minimum Gasteiger partial charge on any atom is -0.455 e. The molecule has 51 heavy (non-hydrogen) atoms. The fraction of sp³-hybridized carbons (Fsp3) is 0. The van der Waals surface area contributed by atoms with Gasteiger partial charge >= 0.3 is 0 Å². The molecule has 0 unspecified atom stereocenters. The lowest BCUT2D eigenvalue weighted by atomic mass is 9.93. The highest BCUT2D eigenvalue weighted by molar-refractivity contribution is 6.23. The number of hydrogen-bond acceptors (Lipinski definition) is 4. The molecule has 0 radical (unpaired) electrons. The number of hydrogen-bond donors (Lipinski definition) is 0. The third kappa shape index (κ3) is 5.04. The zero-order chi connectivity index (χ0) is 33.7. The second kappa shape index (κ2) is 11.9. The Kier molecular flexibility index (Phi) is 6.78. The molecule has 238 valence electrons. The molecule has 0 N–H and O–H groups in total. The van der Waals surface area contributed by atoms with E-state index in [9.17, 15) is 0 Å². The van der Waals surface area contributed by atoms with Crippen molar-refractivity contribution < 1.29 is 4.42 Å². The van der Waals surface area contributed by atoms with Crippen molar-refractivity contribution in [2.45, 2.75) is 0 Å². The van der Waals surface area contributed by atoms with Gasteiger partial charge in [0.25, 0.3) is 0 Å². The van der Waals surface area contributed by atoms with E-state index in [1.807, 2.05) is 24.3 Å². The van der Waals surface area contributed by atoms with Gasteiger partial charge in [0.2, 0.25) is 0 Å². The maximum atomic E-state index is 6.75. The highest BCUT2D eigenvalue weighted by atomic mass is 16.3. The van der Waals surface area contributed by atoms with Gasteiger partial charge in [0.15, 0.2) is 17.5 Å². The minimum absolute atomic E-state index is 0.596. The van der Waals surface area contributed by atoms with Gasteiger partial charge in [-0.1, -0.05) is 158 Å². The molecular formula is C47H29N3O. The van der Waals surface area contributed by atoms with Crippen LogP contribution < -0.4 is 0 Å². The molecule has 2 heterocycles. The van der Waals surface area contributed by atoms with E-state index in [1.54, 1.807) is 0 Å². The number of benzene rings is 8. The molecule has 0 bridgehead atoms. The highest BCUT2D eigenvalue weighted by Gasteiger charge is 2.22. The van der Waals surface area contributed by atoms with Crippen LogP contribution in [0, 0.1) is 0 Å². The Morgan fingerprint density at radius 1 is 0.333 bits per heavy atom. The first-order valence-electron chi connectivity index (χ1n) is 17.1. The van der Waals surface area contributed by atoms with Gasteiger partial charge in [-0.05, 0) is 56.6 Å². The molecule has 10 rings (SSSR count). The second-order valence-corrected chi connectivity index (χ2v) is 12.8. The Hall–Kier alpha value is -6.91. The van der Waals surface area contributed by atoms with E-state index >= 15 is 0 Å². The Morgan fingerprint density at radius 3 is 1.73 bits per heavy atom. The van der Waals surface area contributed by atoms with E-state index in [4.69, 9.17) is 19.4 Å². The van der Waals surface area contributed by atoms with Crippen molar-refractivity contribution in [2.75, 3.05) is 0 Å². The van der Waals surface area contributed by atoms with Gasteiger partial charge in [0.05, 0.1) is 0 Å². The van der Waals surface area contributed by atoms with Gasteiger partial charge in [0, 0.05) is 32.8 Å². The molecule has 0 aliphatic rings. The molecular weight excluding hydrogens is 623 g/mol. The lowest BCUT2D eigenvalue weighted by Gasteiger charge is -2.13. The monoisotopic (exact) mass is 651 g/mol. The van der Waals surface area contributed by atoms with Crippen molar-refractivity contribution in [3.8, 4) is 56.4 Å². The van der Waals surface area contributed by atoms with Crippen molar-refractivity contribution in [1.82, 2.24) is 15.0 Å². The largest absolute Gasteiger partial charge is 0.455 e. The Morgan fingerprint density at radius 2 is 0.922 bits per heavy atom. The number of furan rings is 1. The van der Waals surface area contributed by atoms with Crippen LogP contribution in [0.25, 0.3) is 99.9 Å². The first-order chi connectivity index (χ1) is 25.3. The van der Waals surface area contributed by atoms with E-state index in [-0.39, 0.29) is 0 Å². The Bertz CT molecular complexity index is 2900. The predicted molar refractivity (Wildman–Crippen MR) is 209 cm³/mol. The molecule has 0 spiro atoms. The number of para-hydroxylation sites is 1. The summed E-state index contributed by atoms with van der Waals surface area (Å²) in [6, 6.07) is 61.0. The molecule has 4 heteroatoms. The van der Waals surface area contributed by atoms with E-state index in [0.717, 1.165) is 77.0 Å². The summed E-state index contributed by atoms with van der Waals surface area (Å²) in [6.45, 7) is 0. The first-order valence-corrected chi connectivity index (χ1v) is 17.1. The van der Waals surface area contributed by atoms with Gasteiger partial charge < -0.3 is 4.42 Å². The van der Waals surface area contributed by atoms with Gasteiger partial charge in [0.1, 0.15) is 11.2 Å². The summed E-state index contributed by atoms with van der Waals surface area (Å²) in [7, 11) is 0. The van der Waals surface area contributed by atoms with Gasteiger partial charge in [-0.15, -0.1) is 0 Å². The number of nitrogens with zero attached hydrogens (tertiary/aromatic N) is 3. The summed E-state index contributed by atoms with van der Waals surface area (Å²) in [4.78, 5) is 15.6. The zero-order valence-corrected chi connectivity index (χ0v) is 27.5. The third-order valence-electron chi connectivity index (χ3n) is 9.71. The summed E-state index contributed by atoms with van der Waals surface area (Å²) in [5.41, 5.74) is 8.96. The first kappa shape index (κ1) is 29.0. The van der Waals surface area contributed by atoms with Gasteiger partial charge in [-0.25, -0.2) is 15.0 Å². The van der Waals surface area contributed by atoms with E-state index in [0.29, 0.717) is 17.5 Å². The van der Waals surface area contributed by atoms with Crippen molar-refractivity contribution >= 4 is 43.5 Å². The molecule has 0 atom stereocenters. The topological polar surface area (TPSA) is 51.8 Å². The average molecular weight is 652 g/mol. The maximum Gasteiger partial charge on any atom is 0.164 e. The Balaban J connectivity index is 1.24. The van der Waals surface area contributed by atoms with E-state index < -0.39 is 0 Å². The molecule has 4 nitrogen and oxygen atoms in total. The Labute approximate surface area is 294 Å². The normalized spacial score (nSPS) is 11.5. The summed E-state index contributed by atoms with van der Waals surface area (Å²) in [6.07, 6.45) is 0. The summed E-state index contributed by atoms with van der Waals surface area (Å²) >= 11 is 0. The van der Waals surface area contributed by atoms with Crippen LogP contribution in [0.5, 0.6) is 0 Å². The molecule has 0 amide bonds. The summed E-state index contributed by atoms with van der Waals surface area (Å²) in [5.74, 6) is 1.83. The standard InChI is InChI=1S/C47H29N3O/c1-3-12-30(13-4-1)32-22-25-34(26-23-32)45-48-46(37-27-24-31-14-7-8-17-35(31)28-37)50-47(49-45)40-29-36-18-11-20-38(33-15-5-2-6-16-33)42(36)44-43(40)39-19-9-10-21-41(39)51-44/h1-29H. The molecule has 0 saturated heterocycles. The quantitative estimate of drug-likeness (QED) is 0.186. The molecule has 0 aliphatic heterocycles. The number of fused-ring (bicyclic) bond motifs is 6. The van der Waals surface area contributed by atoms with Crippen LogP contribution in [0.15, 0.2) is 180 Å². The van der Waals surface area contributed by atoms with Crippen LogP contribution >= 0.6 is 0 Å². The lowest BCUT2D eigenvalue weighted by Crippen LogP contribution is -2.01. The zero-order valence-electron chi connectivity index (χ0n) is 27.5. The van der Waals surface area contributed by atoms with Crippen LogP contribution in [0.3, 0.4) is 0 Å². The molecule has 0 fully saturated rings. The second-order valence-electron chi connectivity index (χ2n) is 12.8. The third-order valence-corrected chi connectivity index (χ3v) is 9.71. The van der Waals surface area contributed by atoms with Crippen molar-refractivity contribution in [3.05, 3.63) is 176 Å². The van der Waals surface area contributed by atoms with E-state index in [1.165, 1.54) is 5.39 Å². The van der Waals surface area contributed by atoms with Gasteiger partial charge in [-0.2, -0.15) is 0 Å². The highest BCUT2D eigenvalue weighted by Crippen LogP contribution is 2.44. The van der Waals surface area contributed by atoms with Crippen LogP contribution in [-0.4, -0.2) is 15.0 Å². The van der Waals surface area contributed by atoms with Gasteiger partial charge in [-0.3, -0.25) is 0 Å². The van der Waals surface area contributed by atoms with Crippen molar-refractivity contribution in [3.63, 3.8) is 0 Å². The van der Waals surface area contributed by atoms with Crippen molar-refractivity contribution in [2.24, 2.45) is 0 Å². The van der Waals surface area contributed by atoms with Crippen LogP contribution in [0.4, 0.5) is 0 Å². The van der Waals surface area contributed by atoms with Crippen LogP contribution in [-0.2, 0) is 0 Å². The fourth-order valence-corrected chi connectivity index (χ4v) is 7.22. The van der Waals surface area contributed by atoms with Crippen LogP contribution in [0.2, 0.25) is 0 Å². The SMILES string of the molecule is c1ccc(-c2ccc(-c3nc(-c4ccc5ccccc5c4)nc(-c4cc5cccc(-c6ccccc6)c5c5oc6ccccc6c45)n3)cc2)cc1. The number of rotatable bonds is 5. The molecule has 0 aliphatic carbocycles. The molecule has 8 aromatic carbocycles. The smallest absolute Gasteiger partial charge is 0.164 e. The molecule has 0 saturated carbocycles. The lowest BCUT2D eigenvalue weighted by molar-refractivity contribution is 0.673. The predicted octanol–water partition coefficient (Wildman–Crippen LogP) is 12.4. The summed E-state index contributed by atoms with van der Waals surface area (Å²) < 4.78 is 6.75. The fourth-order valence-electron chi connectivity index (χ4n) is 7.22. The summed E-state index contributed by atoms with van der Waals surface area (Å²) in [5, 5.41) is 6.44. The number of aromatic nitrogens is 3. The van der Waals surface area contributed by atoms with Crippen LogP contribution in [0.1, 0.15) is 0 Å². The van der Waals surface area contributed by atoms with E-state index in [2.05, 4.69) is 152 Å². The average Bonchev–Trinajstić information content (AvgIpc) is 3.60.